The molecule has 0 unspecified atom stereocenters. The number of halogens is 1. The smallest absolute Gasteiger partial charge is 0.254 e. The molecule has 110 valence electrons. The monoisotopic (exact) mass is 288 g/mol. The Balaban J connectivity index is 2.25. The van der Waals surface area contributed by atoms with E-state index in [0.717, 1.165) is 5.56 Å². The number of aliphatic hydroxyl groups excluding tert-OH is 1. The van der Waals surface area contributed by atoms with Crippen molar-refractivity contribution in [1.29, 1.82) is 0 Å². The fourth-order valence-corrected chi connectivity index (χ4v) is 2.12. The summed E-state index contributed by atoms with van der Waals surface area (Å²) >= 11 is 0. The maximum atomic E-state index is 14.0. The van der Waals surface area contributed by atoms with Crippen LogP contribution < -0.4 is 11.1 Å². The van der Waals surface area contributed by atoms with Crippen LogP contribution in [0, 0.1) is 12.7 Å². The van der Waals surface area contributed by atoms with Gasteiger partial charge in [-0.25, -0.2) is 4.39 Å². The predicted molar refractivity (Wildman–Crippen MR) is 79.3 cm³/mol. The number of amides is 1. The quantitative estimate of drug-likeness (QED) is 0.755. The van der Waals surface area contributed by atoms with Crippen molar-refractivity contribution in [1.82, 2.24) is 5.32 Å². The van der Waals surface area contributed by atoms with Crippen molar-refractivity contribution in [2.45, 2.75) is 13.0 Å². The highest BCUT2D eigenvalue weighted by atomic mass is 19.1. The van der Waals surface area contributed by atoms with Gasteiger partial charge in [0.15, 0.2) is 0 Å². The summed E-state index contributed by atoms with van der Waals surface area (Å²) in [4.78, 5) is 12.2. The average Bonchev–Trinajstić information content (AvgIpc) is 2.49. The Morgan fingerprint density at radius 3 is 2.62 bits per heavy atom. The Kier molecular flexibility index (Phi) is 4.55. The van der Waals surface area contributed by atoms with Crippen LogP contribution in [0.2, 0.25) is 0 Å². The van der Waals surface area contributed by atoms with Crippen molar-refractivity contribution in [3.05, 3.63) is 65.0 Å². The highest BCUT2D eigenvalue weighted by Gasteiger charge is 2.19. The molecular weight excluding hydrogens is 271 g/mol. The molecule has 0 aliphatic rings. The highest BCUT2D eigenvalue weighted by Crippen LogP contribution is 2.19. The number of nitrogens with one attached hydrogen (secondary N) is 1. The first-order chi connectivity index (χ1) is 10.0. The molecule has 2 aromatic rings. The lowest BCUT2D eigenvalue weighted by atomic mass is 10.1. The van der Waals surface area contributed by atoms with Crippen molar-refractivity contribution in [2.24, 2.45) is 0 Å². The van der Waals surface area contributed by atoms with Gasteiger partial charge in [-0.1, -0.05) is 30.3 Å². The van der Waals surface area contributed by atoms with Crippen molar-refractivity contribution < 1.29 is 14.3 Å². The average molecular weight is 288 g/mol. The Morgan fingerprint density at radius 1 is 1.33 bits per heavy atom. The first-order valence-corrected chi connectivity index (χ1v) is 6.55. The molecule has 0 fully saturated rings. The molecule has 1 amide bonds. The maximum Gasteiger partial charge on any atom is 0.254 e. The standard InChI is InChI=1S/C16H17FN2O2/c1-10-7-12(18)8-13(15(10)17)16(21)19-14(9-20)11-5-3-2-4-6-11/h2-8,14,20H,9,18H2,1H3,(H,19,21)/t14-/m0/s1. The van der Waals surface area contributed by atoms with Crippen LogP contribution in [0.25, 0.3) is 0 Å². The zero-order valence-electron chi connectivity index (χ0n) is 11.6. The summed E-state index contributed by atoms with van der Waals surface area (Å²) in [7, 11) is 0. The third kappa shape index (κ3) is 3.38. The predicted octanol–water partition coefficient (Wildman–Crippen LogP) is 2.18. The SMILES string of the molecule is Cc1cc(N)cc(C(=O)N[C@@H](CO)c2ccccc2)c1F. The van der Waals surface area contributed by atoms with Crippen molar-refractivity contribution >= 4 is 11.6 Å². The summed E-state index contributed by atoms with van der Waals surface area (Å²) in [5.41, 5.74) is 6.89. The minimum Gasteiger partial charge on any atom is -0.399 e. The fourth-order valence-electron chi connectivity index (χ4n) is 2.12. The van der Waals surface area contributed by atoms with Crippen LogP contribution >= 0.6 is 0 Å². The molecule has 0 aromatic heterocycles. The van der Waals surface area contributed by atoms with E-state index in [1.165, 1.54) is 12.1 Å². The van der Waals surface area contributed by atoms with Crippen LogP contribution in [0.4, 0.5) is 10.1 Å². The van der Waals surface area contributed by atoms with Gasteiger partial charge in [-0.15, -0.1) is 0 Å². The molecule has 4 N–H and O–H groups in total. The molecule has 0 heterocycles. The minimum atomic E-state index is -0.606. The van der Waals surface area contributed by atoms with Crippen LogP contribution in [0.3, 0.4) is 0 Å². The molecule has 0 aliphatic heterocycles. The molecule has 0 bridgehead atoms. The molecule has 0 spiro atoms. The fraction of sp³-hybridized carbons (Fsp3) is 0.188. The second-order valence-electron chi connectivity index (χ2n) is 4.82. The molecule has 2 rings (SSSR count). The lowest BCUT2D eigenvalue weighted by Crippen LogP contribution is -2.31. The summed E-state index contributed by atoms with van der Waals surface area (Å²) in [5, 5.41) is 12.0. The topological polar surface area (TPSA) is 75.4 Å². The molecule has 5 heteroatoms. The summed E-state index contributed by atoms with van der Waals surface area (Å²) < 4.78 is 14.0. The number of benzene rings is 2. The maximum absolute atomic E-state index is 14.0. The van der Waals surface area contributed by atoms with E-state index in [0.29, 0.717) is 11.3 Å². The van der Waals surface area contributed by atoms with E-state index in [1.54, 1.807) is 31.2 Å². The van der Waals surface area contributed by atoms with Gasteiger partial charge in [-0.3, -0.25) is 4.79 Å². The largest absolute Gasteiger partial charge is 0.399 e. The highest BCUT2D eigenvalue weighted by molar-refractivity contribution is 5.95. The molecule has 4 nitrogen and oxygen atoms in total. The number of nitrogen functional groups attached to an aromatic ring is 1. The number of nitrogens with two attached hydrogens (primary N) is 1. The van der Waals surface area contributed by atoms with Gasteiger partial charge in [0.25, 0.3) is 5.91 Å². The molecule has 21 heavy (non-hydrogen) atoms. The third-order valence-electron chi connectivity index (χ3n) is 3.21. The van der Waals surface area contributed by atoms with E-state index in [2.05, 4.69) is 5.32 Å². The van der Waals surface area contributed by atoms with Crippen molar-refractivity contribution in [3.8, 4) is 0 Å². The first kappa shape index (κ1) is 15.0. The molecule has 0 radical (unpaired) electrons. The number of aliphatic hydroxyl groups is 1. The van der Waals surface area contributed by atoms with Crippen molar-refractivity contribution in [2.75, 3.05) is 12.3 Å². The Labute approximate surface area is 122 Å². The Hall–Kier alpha value is -2.40. The summed E-state index contributed by atoms with van der Waals surface area (Å²) in [6.07, 6.45) is 0. The van der Waals surface area contributed by atoms with Gasteiger partial charge in [0, 0.05) is 5.69 Å². The number of anilines is 1. The zero-order valence-corrected chi connectivity index (χ0v) is 11.6. The van der Waals surface area contributed by atoms with Gasteiger partial charge < -0.3 is 16.2 Å². The van der Waals surface area contributed by atoms with Crippen LogP contribution in [0.1, 0.15) is 27.5 Å². The number of rotatable bonds is 4. The number of hydrogen-bond donors (Lipinski definition) is 3. The normalized spacial score (nSPS) is 12.0. The zero-order chi connectivity index (χ0) is 15.4. The van der Waals surface area contributed by atoms with Crippen molar-refractivity contribution in [3.63, 3.8) is 0 Å². The van der Waals surface area contributed by atoms with Crippen LogP contribution in [0.5, 0.6) is 0 Å². The minimum absolute atomic E-state index is 0.123. The molecule has 0 aliphatic carbocycles. The van der Waals surface area contributed by atoms with Crippen LogP contribution in [0.15, 0.2) is 42.5 Å². The number of hydrogen-bond acceptors (Lipinski definition) is 3. The summed E-state index contributed by atoms with van der Waals surface area (Å²) in [6, 6.07) is 11.2. The lowest BCUT2D eigenvalue weighted by Gasteiger charge is -2.17. The molecule has 0 saturated heterocycles. The van der Waals surface area contributed by atoms with E-state index >= 15 is 0 Å². The van der Waals surface area contributed by atoms with E-state index in [4.69, 9.17) is 5.73 Å². The lowest BCUT2D eigenvalue weighted by molar-refractivity contribution is 0.0912. The van der Waals surface area contributed by atoms with E-state index < -0.39 is 17.8 Å². The van der Waals surface area contributed by atoms with Gasteiger partial charge in [0.2, 0.25) is 0 Å². The van der Waals surface area contributed by atoms with Gasteiger partial charge in [-0.2, -0.15) is 0 Å². The van der Waals surface area contributed by atoms with Crippen LogP contribution in [-0.4, -0.2) is 17.6 Å². The van der Waals surface area contributed by atoms with Gasteiger partial charge >= 0.3 is 0 Å². The van der Waals surface area contributed by atoms with E-state index in [9.17, 15) is 14.3 Å². The Bertz CT molecular complexity index is 644. The third-order valence-corrected chi connectivity index (χ3v) is 3.21. The summed E-state index contributed by atoms with van der Waals surface area (Å²) in [5.74, 6) is -1.21. The van der Waals surface area contributed by atoms with Gasteiger partial charge in [0.1, 0.15) is 5.82 Å². The molecule has 2 aromatic carbocycles. The molecule has 1 atom stereocenters. The second kappa shape index (κ2) is 6.37. The van der Waals surface area contributed by atoms with Crippen LogP contribution in [-0.2, 0) is 0 Å². The number of carbonyl (C=O) groups is 1. The van der Waals surface area contributed by atoms with E-state index in [1.807, 2.05) is 6.07 Å². The number of carbonyl (C=O) groups excluding carboxylic acids is 1. The van der Waals surface area contributed by atoms with Gasteiger partial charge in [-0.05, 0) is 30.2 Å². The summed E-state index contributed by atoms with van der Waals surface area (Å²) in [6.45, 7) is 1.27. The van der Waals surface area contributed by atoms with Gasteiger partial charge in [0.05, 0.1) is 18.2 Å². The first-order valence-electron chi connectivity index (χ1n) is 6.55. The second-order valence-corrected chi connectivity index (χ2v) is 4.82. The molecular formula is C16H17FN2O2. The van der Waals surface area contributed by atoms with E-state index in [-0.39, 0.29) is 12.2 Å². The number of aryl methyl sites for hydroxylation is 1. The Morgan fingerprint density at radius 2 is 2.00 bits per heavy atom. The molecule has 0 saturated carbocycles.